The molecule has 0 aromatic heterocycles. The highest BCUT2D eigenvalue weighted by Gasteiger charge is 2.24. The number of rotatable bonds is 4. The van der Waals surface area contributed by atoms with Crippen molar-refractivity contribution in [3.63, 3.8) is 0 Å². The largest absolute Gasteiger partial charge is 0.368 e. The van der Waals surface area contributed by atoms with Gasteiger partial charge in [0.25, 0.3) is 0 Å². The molecule has 0 N–H and O–H groups in total. The lowest BCUT2D eigenvalue weighted by Crippen LogP contribution is -2.28. The monoisotopic (exact) mass is 312 g/mol. The van der Waals surface area contributed by atoms with Crippen LogP contribution in [0.4, 0.5) is 14.5 Å². The van der Waals surface area contributed by atoms with E-state index in [1.165, 1.54) is 18.2 Å². The van der Waals surface area contributed by atoms with E-state index in [0.717, 1.165) is 30.6 Å². The molecule has 0 aliphatic carbocycles. The number of halogens is 2. The van der Waals surface area contributed by atoms with Crippen LogP contribution in [0.1, 0.15) is 30.4 Å². The third kappa shape index (κ3) is 3.34. The topological polar surface area (TPSA) is 27.0 Å². The van der Waals surface area contributed by atoms with Crippen molar-refractivity contribution in [1.29, 1.82) is 5.26 Å². The maximum atomic E-state index is 13.7. The van der Waals surface area contributed by atoms with Crippen molar-refractivity contribution in [1.82, 2.24) is 0 Å². The van der Waals surface area contributed by atoms with Gasteiger partial charge < -0.3 is 4.90 Å². The molecule has 1 atom stereocenters. The van der Waals surface area contributed by atoms with Gasteiger partial charge in [0.15, 0.2) is 0 Å². The van der Waals surface area contributed by atoms with Gasteiger partial charge in [-0.3, -0.25) is 0 Å². The summed E-state index contributed by atoms with van der Waals surface area (Å²) in [4.78, 5) is 2.25. The molecule has 4 heteroatoms. The molecule has 0 radical (unpaired) electrons. The molecule has 118 valence electrons. The predicted octanol–water partition coefficient (Wildman–Crippen LogP) is 4.44. The zero-order chi connectivity index (χ0) is 16.2. The Balaban J connectivity index is 1.76. The molecule has 2 aromatic carbocycles. The Morgan fingerprint density at radius 3 is 2.43 bits per heavy atom. The molecule has 1 fully saturated rings. The van der Waals surface area contributed by atoms with Gasteiger partial charge in [-0.25, -0.2) is 8.78 Å². The first-order valence-corrected chi connectivity index (χ1v) is 7.84. The van der Waals surface area contributed by atoms with E-state index < -0.39 is 11.6 Å². The lowest BCUT2D eigenvalue weighted by molar-refractivity contribution is 0.561. The van der Waals surface area contributed by atoms with E-state index in [9.17, 15) is 8.78 Å². The first-order chi connectivity index (χ1) is 11.2. The maximum Gasteiger partial charge on any atom is 0.129 e. The van der Waals surface area contributed by atoms with Crippen LogP contribution in [0.2, 0.25) is 0 Å². The predicted molar refractivity (Wildman–Crippen MR) is 86.2 cm³/mol. The Labute approximate surface area is 135 Å². The van der Waals surface area contributed by atoms with Crippen LogP contribution in [0.25, 0.3) is 0 Å². The van der Waals surface area contributed by atoms with Gasteiger partial charge in [-0.1, -0.05) is 18.2 Å². The number of hydrogen-bond donors (Lipinski definition) is 0. The Bertz CT molecular complexity index is 699. The summed E-state index contributed by atoms with van der Waals surface area (Å²) >= 11 is 0. The lowest BCUT2D eigenvalue weighted by atomic mass is 10.0. The molecule has 1 aliphatic heterocycles. The first-order valence-electron chi connectivity index (χ1n) is 7.84. The molecule has 2 nitrogen and oxygen atoms in total. The van der Waals surface area contributed by atoms with Crippen LogP contribution in [0.15, 0.2) is 42.5 Å². The molecule has 23 heavy (non-hydrogen) atoms. The van der Waals surface area contributed by atoms with E-state index in [1.807, 2.05) is 24.3 Å². The smallest absolute Gasteiger partial charge is 0.129 e. The summed E-state index contributed by atoms with van der Waals surface area (Å²) in [5.41, 5.74) is 2.04. The number of nitriles is 1. The second-order valence-corrected chi connectivity index (χ2v) is 5.90. The molecular formula is C19H18F2N2. The van der Waals surface area contributed by atoms with Crippen molar-refractivity contribution in [2.75, 3.05) is 11.4 Å². The summed E-state index contributed by atoms with van der Waals surface area (Å²) in [6, 6.07) is 14.2. The van der Waals surface area contributed by atoms with Crippen LogP contribution in [-0.4, -0.2) is 12.6 Å². The highest BCUT2D eigenvalue weighted by molar-refractivity contribution is 5.50. The Morgan fingerprint density at radius 1 is 1.09 bits per heavy atom. The van der Waals surface area contributed by atoms with Gasteiger partial charge in [-0.05, 0) is 42.7 Å². The second kappa shape index (κ2) is 6.78. The fourth-order valence-electron chi connectivity index (χ4n) is 3.20. The number of nitrogens with zero attached hydrogens (tertiary/aromatic N) is 2. The molecule has 1 unspecified atom stereocenters. The number of anilines is 1. The SMILES string of the molecule is N#CCC1CCCN1c1ccc(Cc2c(F)cccc2F)cc1. The van der Waals surface area contributed by atoms with Crippen molar-refractivity contribution < 1.29 is 8.78 Å². The van der Waals surface area contributed by atoms with E-state index in [2.05, 4.69) is 11.0 Å². The molecular weight excluding hydrogens is 294 g/mol. The minimum Gasteiger partial charge on any atom is -0.368 e. The van der Waals surface area contributed by atoms with Crippen LogP contribution in [0.3, 0.4) is 0 Å². The van der Waals surface area contributed by atoms with Gasteiger partial charge in [-0.2, -0.15) is 5.26 Å². The van der Waals surface area contributed by atoms with E-state index in [4.69, 9.17) is 5.26 Å². The van der Waals surface area contributed by atoms with Crippen molar-refractivity contribution in [3.05, 3.63) is 65.2 Å². The highest BCUT2D eigenvalue weighted by atomic mass is 19.1. The minimum atomic E-state index is -0.511. The van der Waals surface area contributed by atoms with Crippen LogP contribution < -0.4 is 4.90 Å². The zero-order valence-electron chi connectivity index (χ0n) is 12.8. The summed E-state index contributed by atoms with van der Waals surface area (Å²) in [7, 11) is 0. The minimum absolute atomic E-state index is 0.101. The summed E-state index contributed by atoms with van der Waals surface area (Å²) in [6.45, 7) is 0.952. The van der Waals surface area contributed by atoms with Crippen molar-refractivity contribution in [2.45, 2.75) is 31.7 Å². The molecule has 1 heterocycles. The van der Waals surface area contributed by atoms with Crippen LogP contribution >= 0.6 is 0 Å². The van der Waals surface area contributed by atoms with E-state index in [-0.39, 0.29) is 18.0 Å². The average Bonchev–Trinajstić information content (AvgIpc) is 3.00. The van der Waals surface area contributed by atoms with Gasteiger partial charge in [0.1, 0.15) is 11.6 Å². The van der Waals surface area contributed by atoms with Gasteiger partial charge in [-0.15, -0.1) is 0 Å². The van der Waals surface area contributed by atoms with Crippen molar-refractivity contribution in [3.8, 4) is 6.07 Å². The Morgan fingerprint density at radius 2 is 1.78 bits per heavy atom. The van der Waals surface area contributed by atoms with Crippen molar-refractivity contribution >= 4 is 5.69 Å². The molecule has 1 aliphatic rings. The normalized spacial score (nSPS) is 17.3. The summed E-state index contributed by atoms with van der Waals surface area (Å²) in [5, 5.41) is 8.90. The van der Waals surface area contributed by atoms with Gasteiger partial charge >= 0.3 is 0 Å². The average molecular weight is 312 g/mol. The standard InChI is InChI=1S/C19H18F2N2/c20-18-4-1-5-19(21)17(18)13-14-6-8-16(9-7-14)23-12-2-3-15(23)10-11-22/h1,4-9,15H,2-3,10,12-13H2. The van der Waals surface area contributed by atoms with Crippen molar-refractivity contribution in [2.24, 2.45) is 0 Å². The molecule has 0 spiro atoms. The highest BCUT2D eigenvalue weighted by Crippen LogP contribution is 2.28. The van der Waals surface area contributed by atoms with Crippen LogP contribution in [0.5, 0.6) is 0 Å². The third-order valence-electron chi connectivity index (χ3n) is 4.41. The fourth-order valence-corrected chi connectivity index (χ4v) is 3.20. The summed E-state index contributed by atoms with van der Waals surface area (Å²) < 4.78 is 27.4. The Kier molecular flexibility index (Phi) is 4.57. The lowest BCUT2D eigenvalue weighted by Gasteiger charge is -2.25. The molecule has 0 saturated carbocycles. The summed E-state index contributed by atoms with van der Waals surface area (Å²) in [5.74, 6) is -1.02. The number of benzene rings is 2. The maximum absolute atomic E-state index is 13.7. The van der Waals surface area contributed by atoms with Gasteiger partial charge in [0, 0.05) is 30.3 Å². The third-order valence-corrected chi connectivity index (χ3v) is 4.41. The van der Waals surface area contributed by atoms with E-state index in [1.54, 1.807) is 0 Å². The van der Waals surface area contributed by atoms with Crippen LogP contribution in [0, 0.1) is 23.0 Å². The van der Waals surface area contributed by atoms with E-state index >= 15 is 0 Å². The molecule has 0 bridgehead atoms. The first kappa shape index (κ1) is 15.5. The van der Waals surface area contributed by atoms with E-state index in [0.29, 0.717) is 6.42 Å². The molecule has 3 rings (SSSR count). The fraction of sp³-hybridized carbons (Fsp3) is 0.316. The second-order valence-electron chi connectivity index (χ2n) is 5.90. The quantitative estimate of drug-likeness (QED) is 0.834. The molecule has 2 aromatic rings. The molecule has 0 amide bonds. The van der Waals surface area contributed by atoms with Gasteiger partial charge in [0.05, 0.1) is 12.5 Å². The molecule has 1 saturated heterocycles. The number of hydrogen-bond acceptors (Lipinski definition) is 2. The zero-order valence-corrected chi connectivity index (χ0v) is 12.8. The summed E-state index contributed by atoms with van der Waals surface area (Å²) in [6.07, 6.45) is 2.90. The Hall–Kier alpha value is -2.41. The van der Waals surface area contributed by atoms with Gasteiger partial charge in [0.2, 0.25) is 0 Å². The van der Waals surface area contributed by atoms with Crippen LogP contribution in [-0.2, 0) is 6.42 Å².